The number of aryl methyl sites for hydroxylation is 1. The highest BCUT2D eigenvalue weighted by molar-refractivity contribution is 6.31. The Bertz CT molecular complexity index is 1470. The van der Waals surface area contributed by atoms with Crippen LogP contribution in [0.5, 0.6) is 5.75 Å². The van der Waals surface area contributed by atoms with Gasteiger partial charge in [-0.15, -0.1) is 0 Å². The van der Waals surface area contributed by atoms with Gasteiger partial charge in [-0.3, -0.25) is 9.59 Å². The standard InChI is InChI=1S/C28H22ClNO4/c1-3-14-33-20-11-9-18(10-12-20)25-24-26(31)21-15-17(2)8-13-23(21)34-27(24)28(32)30(25)16-19-6-4-5-7-22(19)29/h3-13,15,25H,1,14,16H2,2H3. The fourth-order valence-electron chi connectivity index (χ4n) is 4.36. The first-order valence-corrected chi connectivity index (χ1v) is 11.3. The van der Waals surface area contributed by atoms with Crippen LogP contribution < -0.4 is 10.2 Å². The molecule has 0 spiro atoms. The minimum atomic E-state index is -0.617. The maximum absolute atomic E-state index is 13.7. The maximum atomic E-state index is 13.7. The zero-order valence-corrected chi connectivity index (χ0v) is 19.3. The Morgan fingerprint density at radius 1 is 1.09 bits per heavy atom. The predicted octanol–water partition coefficient (Wildman–Crippen LogP) is 6.07. The molecule has 5 nitrogen and oxygen atoms in total. The fraction of sp³-hybridized carbons (Fsp3) is 0.143. The molecule has 0 fully saturated rings. The first kappa shape index (κ1) is 22.0. The number of fused-ring (bicyclic) bond motifs is 2. The zero-order chi connectivity index (χ0) is 23.8. The van der Waals surface area contributed by atoms with Gasteiger partial charge in [0.2, 0.25) is 5.76 Å². The van der Waals surface area contributed by atoms with E-state index in [1.54, 1.807) is 29.2 Å². The van der Waals surface area contributed by atoms with Gasteiger partial charge in [0.05, 0.1) is 17.0 Å². The summed E-state index contributed by atoms with van der Waals surface area (Å²) in [6.45, 7) is 6.20. The quantitative estimate of drug-likeness (QED) is 0.320. The monoisotopic (exact) mass is 471 g/mol. The van der Waals surface area contributed by atoms with Gasteiger partial charge in [0, 0.05) is 11.6 Å². The van der Waals surface area contributed by atoms with Crippen molar-refractivity contribution >= 4 is 28.5 Å². The van der Waals surface area contributed by atoms with Crippen LogP contribution in [0.1, 0.15) is 38.9 Å². The summed E-state index contributed by atoms with van der Waals surface area (Å²) in [6, 6.07) is 19.5. The van der Waals surface area contributed by atoms with Gasteiger partial charge in [0.1, 0.15) is 17.9 Å². The highest BCUT2D eigenvalue weighted by atomic mass is 35.5. The molecule has 1 aromatic heterocycles. The second-order valence-corrected chi connectivity index (χ2v) is 8.68. The molecule has 1 atom stereocenters. The molecule has 1 amide bonds. The number of benzene rings is 3. The van der Waals surface area contributed by atoms with E-state index in [0.29, 0.717) is 33.9 Å². The van der Waals surface area contributed by atoms with Crippen molar-refractivity contribution in [2.75, 3.05) is 6.61 Å². The molecule has 2 heterocycles. The van der Waals surface area contributed by atoms with E-state index in [0.717, 1.165) is 16.7 Å². The molecule has 5 rings (SSSR count). The van der Waals surface area contributed by atoms with E-state index in [1.165, 1.54) is 0 Å². The van der Waals surface area contributed by atoms with Crippen LogP contribution in [0.25, 0.3) is 11.0 Å². The predicted molar refractivity (Wildman–Crippen MR) is 133 cm³/mol. The van der Waals surface area contributed by atoms with Crippen molar-refractivity contribution in [3.05, 3.63) is 123 Å². The highest BCUT2D eigenvalue weighted by Gasteiger charge is 2.42. The Hall–Kier alpha value is -3.83. The number of rotatable bonds is 6. The molecule has 0 radical (unpaired) electrons. The van der Waals surface area contributed by atoms with Gasteiger partial charge in [-0.25, -0.2) is 0 Å². The number of carbonyl (C=O) groups is 1. The lowest BCUT2D eigenvalue weighted by Gasteiger charge is -2.25. The van der Waals surface area contributed by atoms with Crippen LogP contribution in [0.15, 0.2) is 88.6 Å². The number of halogens is 1. The number of carbonyl (C=O) groups excluding carboxylic acids is 1. The van der Waals surface area contributed by atoms with Crippen molar-refractivity contribution in [3.8, 4) is 5.75 Å². The van der Waals surface area contributed by atoms with E-state index in [1.807, 2.05) is 55.5 Å². The minimum Gasteiger partial charge on any atom is -0.490 e. The summed E-state index contributed by atoms with van der Waals surface area (Å²) in [5, 5.41) is 1.01. The van der Waals surface area contributed by atoms with Crippen LogP contribution in [-0.4, -0.2) is 17.4 Å². The van der Waals surface area contributed by atoms with Crippen molar-refractivity contribution in [2.24, 2.45) is 0 Å². The van der Waals surface area contributed by atoms with Crippen LogP contribution in [0, 0.1) is 6.92 Å². The van der Waals surface area contributed by atoms with Gasteiger partial charge in [0.15, 0.2) is 5.43 Å². The smallest absolute Gasteiger partial charge is 0.291 e. The van der Waals surface area contributed by atoms with Crippen molar-refractivity contribution < 1.29 is 13.9 Å². The Labute approximate surface area is 201 Å². The third-order valence-corrected chi connectivity index (χ3v) is 6.35. The molecule has 1 aliphatic heterocycles. The zero-order valence-electron chi connectivity index (χ0n) is 18.6. The summed E-state index contributed by atoms with van der Waals surface area (Å²) in [6.07, 6.45) is 1.67. The van der Waals surface area contributed by atoms with Gasteiger partial charge in [0.25, 0.3) is 5.91 Å². The molecule has 0 aliphatic carbocycles. The van der Waals surface area contributed by atoms with Crippen molar-refractivity contribution in [1.29, 1.82) is 0 Å². The molecule has 0 bridgehead atoms. The van der Waals surface area contributed by atoms with Crippen molar-refractivity contribution in [2.45, 2.75) is 19.5 Å². The van der Waals surface area contributed by atoms with Gasteiger partial charge < -0.3 is 14.1 Å². The average molecular weight is 472 g/mol. The van der Waals surface area contributed by atoms with E-state index in [4.69, 9.17) is 20.8 Å². The van der Waals surface area contributed by atoms with Crippen LogP contribution in [0.3, 0.4) is 0 Å². The topological polar surface area (TPSA) is 59.8 Å². The minimum absolute atomic E-state index is 0.0744. The van der Waals surface area contributed by atoms with Crippen LogP contribution in [0.4, 0.5) is 0 Å². The molecule has 170 valence electrons. The third kappa shape index (κ3) is 3.78. The third-order valence-electron chi connectivity index (χ3n) is 5.98. The van der Waals surface area contributed by atoms with E-state index in [-0.39, 0.29) is 23.6 Å². The first-order valence-electron chi connectivity index (χ1n) is 10.9. The largest absolute Gasteiger partial charge is 0.490 e. The van der Waals surface area contributed by atoms with E-state index in [2.05, 4.69) is 6.58 Å². The average Bonchev–Trinajstić information content (AvgIpc) is 3.12. The Kier molecular flexibility index (Phi) is 5.72. The molecule has 0 N–H and O–H groups in total. The van der Waals surface area contributed by atoms with Crippen molar-refractivity contribution in [1.82, 2.24) is 4.90 Å². The van der Waals surface area contributed by atoms with E-state index < -0.39 is 6.04 Å². The molecule has 6 heteroatoms. The molecule has 1 unspecified atom stereocenters. The Morgan fingerprint density at radius 3 is 2.59 bits per heavy atom. The second kappa shape index (κ2) is 8.84. The Balaban J connectivity index is 1.67. The summed E-state index contributed by atoms with van der Waals surface area (Å²) in [4.78, 5) is 28.9. The molecule has 1 aliphatic rings. The second-order valence-electron chi connectivity index (χ2n) is 8.27. The lowest BCUT2D eigenvalue weighted by Crippen LogP contribution is -2.29. The van der Waals surface area contributed by atoms with Crippen molar-refractivity contribution in [3.63, 3.8) is 0 Å². The van der Waals surface area contributed by atoms with Gasteiger partial charge in [-0.05, 0) is 48.4 Å². The number of nitrogens with zero attached hydrogens (tertiary/aromatic N) is 1. The van der Waals surface area contributed by atoms with Gasteiger partial charge in [-0.2, -0.15) is 0 Å². The highest BCUT2D eigenvalue weighted by Crippen LogP contribution is 2.40. The van der Waals surface area contributed by atoms with Gasteiger partial charge >= 0.3 is 0 Å². The fourth-order valence-corrected chi connectivity index (χ4v) is 4.55. The number of amides is 1. The lowest BCUT2D eigenvalue weighted by atomic mass is 9.98. The molecule has 3 aromatic carbocycles. The molecular formula is C28H22ClNO4. The summed E-state index contributed by atoms with van der Waals surface area (Å²) in [7, 11) is 0. The number of hydrogen-bond donors (Lipinski definition) is 0. The maximum Gasteiger partial charge on any atom is 0.291 e. The summed E-state index contributed by atoms with van der Waals surface area (Å²) in [5.41, 5.74) is 3.05. The lowest BCUT2D eigenvalue weighted by molar-refractivity contribution is 0.0714. The molecule has 4 aromatic rings. The molecule has 34 heavy (non-hydrogen) atoms. The molecule has 0 saturated carbocycles. The van der Waals surface area contributed by atoms with Crippen LogP contribution >= 0.6 is 11.6 Å². The van der Waals surface area contributed by atoms with Crippen LogP contribution in [-0.2, 0) is 6.54 Å². The van der Waals surface area contributed by atoms with Crippen LogP contribution in [0.2, 0.25) is 5.02 Å². The van der Waals surface area contributed by atoms with Gasteiger partial charge in [-0.1, -0.05) is 66.2 Å². The number of ether oxygens (including phenoxy) is 1. The number of hydrogen-bond acceptors (Lipinski definition) is 4. The summed E-state index contributed by atoms with van der Waals surface area (Å²) >= 11 is 6.41. The Morgan fingerprint density at radius 2 is 1.85 bits per heavy atom. The molecular weight excluding hydrogens is 450 g/mol. The van der Waals surface area contributed by atoms with E-state index in [9.17, 15) is 9.59 Å². The SMILES string of the molecule is C=CCOc1ccc(C2c3c(oc4ccc(C)cc4c3=O)C(=O)N2Cc2ccccc2Cl)cc1. The normalized spacial score (nSPS) is 14.9. The van der Waals surface area contributed by atoms with E-state index >= 15 is 0 Å². The summed E-state index contributed by atoms with van der Waals surface area (Å²) < 4.78 is 11.6. The first-order chi connectivity index (χ1) is 16.5. The molecule has 0 saturated heterocycles. The summed E-state index contributed by atoms with van der Waals surface area (Å²) in [5.74, 6) is 0.406.